The van der Waals surface area contributed by atoms with Gasteiger partial charge in [-0.25, -0.2) is 0 Å². The topological polar surface area (TPSA) is 119 Å². The summed E-state index contributed by atoms with van der Waals surface area (Å²) in [5.41, 5.74) is 7.60. The van der Waals surface area contributed by atoms with Gasteiger partial charge >= 0.3 is 5.97 Å². The van der Waals surface area contributed by atoms with Gasteiger partial charge in [0, 0.05) is 31.5 Å². The highest BCUT2D eigenvalue weighted by atomic mass is 16.5. The highest BCUT2D eigenvalue weighted by Gasteiger charge is 2.38. The number of benzene rings is 1. The fourth-order valence-corrected chi connectivity index (χ4v) is 3.27. The third kappa shape index (κ3) is 3.75. The van der Waals surface area contributed by atoms with Crippen LogP contribution in [0.4, 0.5) is 0 Å². The monoisotopic (exact) mass is 359 g/mol. The number of rotatable bonds is 6. The number of nitrogens with two attached hydrogens (primary N) is 1. The van der Waals surface area contributed by atoms with Crippen molar-refractivity contribution in [3.05, 3.63) is 34.9 Å². The van der Waals surface area contributed by atoms with E-state index in [-0.39, 0.29) is 37.2 Å². The van der Waals surface area contributed by atoms with Gasteiger partial charge in [-0.2, -0.15) is 0 Å². The van der Waals surface area contributed by atoms with E-state index in [1.54, 1.807) is 12.1 Å². The number of hydrogen-bond acceptors (Lipinski definition) is 6. The molecule has 3 rings (SSSR count). The lowest BCUT2D eigenvalue weighted by Crippen LogP contribution is -2.52. The third-order valence-electron chi connectivity index (χ3n) is 4.59. The summed E-state index contributed by atoms with van der Waals surface area (Å²) >= 11 is 0. The summed E-state index contributed by atoms with van der Waals surface area (Å²) in [6.07, 6.45) is 1.31. The van der Waals surface area contributed by atoms with E-state index in [2.05, 4.69) is 5.32 Å². The largest absolute Gasteiger partial charge is 0.464 e. The summed E-state index contributed by atoms with van der Waals surface area (Å²) in [6, 6.07) is 4.79. The van der Waals surface area contributed by atoms with Crippen molar-refractivity contribution in [3.8, 4) is 0 Å². The first kappa shape index (κ1) is 18.1. The standard InChI is InChI=1S/C18H21N3O5/c19-7-8-26-16(23)6-2-11-1-3-13-12(9-11)10-21(18(13)25)14-4-5-15(22)20-17(14)24/h1,3,9,14H,2,4-8,10,19H2,(H,20,22,24). The fourth-order valence-electron chi connectivity index (χ4n) is 3.27. The second kappa shape index (κ2) is 7.65. The van der Waals surface area contributed by atoms with Crippen LogP contribution in [-0.2, 0) is 32.1 Å². The molecule has 138 valence electrons. The zero-order valence-corrected chi connectivity index (χ0v) is 14.3. The second-order valence-electron chi connectivity index (χ2n) is 6.40. The van der Waals surface area contributed by atoms with Crippen LogP contribution >= 0.6 is 0 Å². The number of ether oxygens (including phenoxy) is 1. The highest BCUT2D eigenvalue weighted by molar-refractivity contribution is 6.05. The molecule has 8 heteroatoms. The molecule has 1 atom stereocenters. The van der Waals surface area contributed by atoms with E-state index in [1.165, 1.54) is 4.90 Å². The van der Waals surface area contributed by atoms with Gasteiger partial charge in [0.2, 0.25) is 11.8 Å². The molecule has 1 aromatic carbocycles. The number of nitrogens with one attached hydrogen (secondary N) is 1. The van der Waals surface area contributed by atoms with E-state index in [0.717, 1.165) is 11.1 Å². The maximum Gasteiger partial charge on any atom is 0.306 e. The van der Waals surface area contributed by atoms with Crippen LogP contribution in [0.15, 0.2) is 18.2 Å². The van der Waals surface area contributed by atoms with Crippen molar-refractivity contribution in [2.75, 3.05) is 13.2 Å². The maximum absolute atomic E-state index is 12.6. The van der Waals surface area contributed by atoms with Crippen molar-refractivity contribution >= 4 is 23.7 Å². The zero-order chi connectivity index (χ0) is 18.7. The summed E-state index contributed by atoms with van der Waals surface area (Å²) in [5, 5.41) is 2.28. The SMILES string of the molecule is NCCOC(=O)CCc1ccc2c(c1)CN(C1CCC(=O)NC1=O)C2=O. The minimum atomic E-state index is -0.623. The number of piperidine rings is 1. The number of imide groups is 1. The smallest absolute Gasteiger partial charge is 0.306 e. The number of aryl methyl sites for hydroxylation is 1. The lowest BCUT2D eigenvalue weighted by atomic mass is 10.0. The predicted octanol–water partition coefficient (Wildman–Crippen LogP) is -0.118. The first-order valence-electron chi connectivity index (χ1n) is 8.61. The van der Waals surface area contributed by atoms with Gasteiger partial charge in [0.05, 0.1) is 0 Å². The number of amides is 3. The quantitative estimate of drug-likeness (QED) is 0.540. The summed E-state index contributed by atoms with van der Waals surface area (Å²) in [5.74, 6) is -1.25. The van der Waals surface area contributed by atoms with Crippen LogP contribution in [0.25, 0.3) is 0 Å². The molecule has 2 aliphatic rings. The fraction of sp³-hybridized carbons (Fsp3) is 0.444. The Hall–Kier alpha value is -2.74. The molecule has 0 bridgehead atoms. The number of hydrogen-bond donors (Lipinski definition) is 2. The first-order valence-corrected chi connectivity index (χ1v) is 8.61. The van der Waals surface area contributed by atoms with Crippen LogP contribution in [0.3, 0.4) is 0 Å². The molecule has 0 aromatic heterocycles. The van der Waals surface area contributed by atoms with Crippen molar-refractivity contribution in [1.82, 2.24) is 10.2 Å². The Morgan fingerprint density at radius 2 is 2.12 bits per heavy atom. The Balaban J connectivity index is 1.65. The van der Waals surface area contributed by atoms with E-state index in [9.17, 15) is 19.2 Å². The molecule has 3 N–H and O–H groups in total. The van der Waals surface area contributed by atoms with Crippen molar-refractivity contribution < 1.29 is 23.9 Å². The summed E-state index contributed by atoms with van der Waals surface area (Å²) in [6.45, 7) is 0.827. The molecule has 1 fully saturated rings. The lowest BCUT2D eigenvalue weighted by Gasteiger charge is -2.29. The Kier molecular flexibility index (Phi) is 5.32. The van der Waals surface area contributed by atoms with Crippen molar-refractivity contribution in [3.63, 3.8) is 0 Å². The van der Waals surface area contributed by atoms with Crippen molar-refractivity contribution in [2.24, 2.45) is 5.73 Å². The lowest BCUT2D eigenvalue weighted by molar-refractivity contribution is -0.143. The van der Waals surface area contributed by atoms with Gasteiger partial charge in [-0.15, -0.1) is 0 Å². The molecule has 26 heavy (non-hydrogen) atoms. The molecule has 1 unspecified atom stereocenters. The number of fused-ring (bicyclic) bond motifs is 1. The predicted molar refractivity (Wildman–Crippen MR) is 90.8 cm³/mol. The van der Waals surface area contributed by atoms with Crippen molar-refractivity contribution in [2.45, 2.75) is 38.3 Å². The number of esters is 1. The molecular weight excluding hydrogens is 338 g/mol. The Labute approximate surface area is 150 Å². The molecule has 3 amide bonds. The van der Waals surface area contributed by atoms with E-state index < -0.39 is 11.9 Å². The normalized spacial score (nSPS) is 19.3. The first-order chi connectivity index (χ1) is 12.5. The second-order valence-corrected chi connectivity index (χ2v) is 6.40. The van der Waals surface area contributed by atoms with Crippen molar-refractivity contribution in [1.29, 1.82) is 0 Å². The summed E-state index contributed by atoms with van der Waals surface area (Å²) in [7, 11) is 0. The molecule has 0 saturated carbocycles. The number of nitrogens with zero attached hydrogens (tertiary/aromatic N) is 1. The van der Waals surface area contributed by atoms with Gasteiger partial charge in [-0.3, -0.25) is 24.5 Å². The molecule has 1 aromatic rings. The van der Waals surface area contributed by atoms with Crippen LogP contribution in [0.2, 0.25) is 0 Å². The summed E-state index contributed by atoms with van der Waals surface area (Å²) in [4.78, 5) is 49.0. The molecule has 2 heterocycles. The average Bonchev–Trinajstić information content (AvgIpc) is 2.94. The molecule has 0 radical (unpaired) electrons. The molecule has 0 aliphatic carbocycles. The Morgan fingerprint density at radius 3 is 2.85 bits per heavy atom. The number of carbonyl (C=O) groups excluding carboxylic acids is 4. The number of carbonyl (C=O) groups is 4. The van der Waals surface area contributed by atoms with Crippen LogP contribution in [0, 0.1) is 0 Å². The van der Waals surface area contributed by atoms with Gasteiger partial charge < -0.3 is 15.4 Å². The minimum Gasteiger partial charge on any atom is -0.464 e. The van der Waals surface area contributed by atoms with Crippen LogP contribution < -0.4 is 11.1 Å². The zero-order valence-electron chi connectivity index (χ0n) is 14.3. The molecule has 8 nitrogen and oxygen atoms in total. The van der Waals surface area contributed by atoms with E-state index in [0.29, 0.717) is 31.5 Å². The average molecular weight is 359 g/mol. The maximum atomic E-state index is 12.6. The Bertz CT molecular complexity index is 761. The van der Waals surface area contributed by atoms with E-state index in [4.69, 9.17) is 10.5 Å². The van der Waals surface area contributed by atoms with Crippen LogP contribution in [-0.4, -0.2) is 47.8 Å². The Morgan fingerprint density at radius 1 is 1.31 bits per heavy atom. The molecule has 2 aliphatic heterocycles. The molecular formula is C18H21N3O5. The third-order valence-corrected chi connectivity index (χ3v) is 4.59. The van der Waals surface area contributed by atoms with E-state index in [1.807, 2.05) is 6.07 Å². The molecule has 0 spiro atoms. The van der Waals surface area contributed by atoms with E-state index >= 15 is 0 Å². The van der Waals surface area contributed by atoms with Gasteiger partial charge in [-0.05, 0) is 30.0 Å². The summed E-state index contributed by atoms with van der Waals surface area (Å²) < 4.78 is 4.94. The minimum absolute atomic E-state index is 0.205. The molecule has 1 saturated heterocycles. The van der Waals surface area contributed by atoms with Gasteiger partial charge in [0.25, 0.3) is 5.91 Å². The van der Waals surface area contributed by atoms with Gasteiger partial charge in [0.1, 0.15) is 12.6 Å². The van der Waals surface area contributed by atoms with Gasteiger partial charge in [-0.1, -0.05) is 12.1 Å². The highest BCUT2D eigenvalue weighted by Crippen LogP contribution is 2.28. The van der Waals surface area contributed by atoms with Crippen LogP contribution in [0.1, 0.15) is 40.7 Å². The van der Waals surface area contributed by atoms with Gasteiger partial charge in [0.15, 0.2) is 0 Å². The van der Waals surface area contributed by atoms with Crippen LogP contribution in [0.5, 0.6) is 0 Å².